The Morgan fingerprint density at radius 3 is 1.92 bits per heavy atom. The van der Waals surface area contributed by atoms with Crippen LogP contribution in [0.5, 0.6) is 28.7 Å². The number of thiazole rings is 1. The van der Waals surface area contributed by atoms with Crippen molar-refractivity contribution in [2.75, 3.05) is 39.1 Å². The Balaban J connectivity index is 0.895. The first-order valence-corrected chi connectivity index (χ1v) is 30.6. The number of esters is 2. The maximum Gasteiger partial charge on any atom is 0.362 e. The Morgan fingerprint density at radius 1 is 0.793 bits per heavy atom. The number of nitrogens with one attached hydrogen (secondary N) is 1. The maximum atomic E-state index is 14.4. The van der Waals surface area contributed by atoms with Gasteiger partial charge in [0.25, 0.3) is 17.3 Å². The molecule has 24 heteroatoms. The Labute approximate surface area is 522 Å². The minimum Gasteiger partial charge on any atom is -0.497 e. The van der Waals surface area contributed by atoms with E-state index in [1.807, 2.05) is 109 Å². The number of ether oxygens (including phenoxy) is 7. The highest BCUT2D eigenvalue weighted by atomic mass is 35.5. The molecule has 0 spiro atoms. The first-order valence-electron chi connectivity index (χ1n) is 26.6. The number of aromatic nitrogens is 2. The first kappa shape index (κ1) is 61.2. The molecule has 3 atom stereocenters. The molecular formula is C63H54Cl2N6O13S3. The molecule has 0 radical (unpaired) electrons. The van der Waals surface area contributed by atoms with Gasteiger partial charge in [0.15, 0.2) is 34.2 Å². The molecule has 19 nitrogen and oxygen atoms in total. The molecule has 4 heterocycles. The molecule has 87 heavy (non-hydrogen) atoms. The van der Waals surface area contributed by atoms with Gasteiger partial charge < -0.3 is 53.6 Å². The van der Waals surface area contributed by atoms with Gasteiger partial charge in [0.1, 0.15) is 65.6 Å². The largest absolute Gasteiger partial charge is 0.497 e. The standard InChI is InChI=1S/C63H54Cl2N6O13S3/c1-76-42-22-15-36(16-23-42)31-79-55-47(64)30-46(50(65)56(55)80-32-37-17-24-43(77-2)25-18-37)48-29-45(83-69-48)28-21-41-34-86-59-52(58(73)71(59)53(41)60(74)81-33-38-19-26-44(78-3)27-20-38)68-57(72)51(49-35-87-63(66)67-49)70-84-62(85-4)61(75)82-54(39-11-7-5-8-12-39)40-13-9-6-10-14-40/h5-30,35,52,54,59,62H,31-34H2,1-4H3,(H2,66,67)(H,68,72)/b28-21+,70-51-/t52-,59-,62?/m1/s1. The molecule has 0 aliphatic carbocycles. The van der Waals surface area contributed by atoms with Crippen LogP contribution in [0.3, 0.4) is 0 Å². The van der Waals surface area contributed by atoms with Crippen molar-refractivity contribution in [1.82, 2.24) is 20.4 Å². The second kappa shape index (κ2) is 28.5. The lowest BCUT2D eigenvalue weighted by atomic mass is 10.0. The molecule has 2 amide bonds. The second-order valence-electron chi connectivity index (χ2n) is 19.1. The molecule has 446 valence electrons. The van der Waals surface area contributed by atoms with Gasteiger partial charge in [0, 0.05) is 22.8 Å². The SMILES string of the molecule is COc1ccc(COC(=O)C2=C(/C=C/c3cc(-c4cc(Cl)c(OCc5ccc(OC)cc5)c(OCc5ccc(OC)cc5)c4Cl)no3)CS[C@@H]3[C@H](NC(=O)/C(=N\OC(SC)C(=O)OC(c4ccccc4)c4ccccc4)c4csc(N)n4)C(=O)N23)cc1. The van der Waals surface area contributed by atoms with Crippen molar-refractivity contribution < 1.29 is 61.7 Å². The van der Waals surface area contributed by atoms with Gasteiger partial charge in [0.05, 0.1) is 31.4 Å². The number of anilines is 1. The maximum absolute atomic E-state index is 14.4. The molecule has 3 N–H and O–H groups in total. The fourth-order valence-corrected chi connectivity index (χ4v) is 11.8. The minimum absolute atomic E-state index is 0.0240. The first-order chi connectivity index (χ1) is 42.3. The van der Waals surface area contributed by atoms with Gasteiger partial charge in [-0.05, 0) is 88.2 Å². The van der Waals surface area contributed by atoms with E-state index in [9.17, 15) is 19.2 Å². The van der Waals surface area contributed by atoms with E-state index in [-0.39, 0.29) is 80.8 Å². The summed E-state index contributed by atoms with van der Waals surface area (Å²) < 4.78 is 46.3. The number of fused-ring (bicyclic) bond motifs is 1. The molecular weight excluding hydrogens is 1220 g/mol. The van der Waals surface area contributed by atoms with Crippen molar-refractivity contribution >= 4 is 98.7 Å². The number of carbonyl (C=O) groups excluding carboxylic acids is 4. The summed E-state index contributed by atoms with van der Waals surface area (Å²) in [6.45, 7) is 0.0792. The number of allylic oxidation sites excluding steroid dienone is 1. The number of β-lactam (4-membered cyclic amide) rings is 1. The second-order valence-corrected chi connectivity index (χ2v) is 22.8. The van der Waals surface area contributed by atoms with E-state index >= 15 is 0 Å². The topological polar surface area (TPSA) is 235 Å². The van der Waals surface area contributed by atoms with Crippen molar-refractivity contribution in [1.29, 1.82) is 0 Å². The lowest BCUT2D eigenvalue weighted by Crippen LogP contribution is -2.71. The molecule has 10 rings (SSSR count). The van der Waals surface area contributed by atoms with Crippen molar-refractivity contribution in [3.8, 4) is 40.0 Å². The molecule has 1 fully saturated rings. The normalized spacial score (nSPS) is 15.1. The summed E-state index contributed by atoms with van der Waals surface area (Å²) in [6, 6.07) is 42.1. The van der Waals surface area contributed by atoms with Gasteiger partial charge in [-0.3, -0.25) is 14.5 Å². The number of methoxy groups -OCH3 is 3. The average Bonchev–Trinajstić information content (AvgIpc) is 2.83. The molecule has 6 aromatic carbocycles. The van der Waals surface area contributed by atoms with Crippen LogP contribution in [0.4, 0.5) is 5.13 Å². The van der Waals surface area contributed by atoms with Crippen LogP contribution in [0.25, 0.3) is 17.3 Å². The number of thioether (sulfide) groups is 2. The van der Waals surface area contributed by atoms with Crippen LogP contribution in [-0.2, 0) is 53.3 Å². The van der Waals surface area contributed by atoms with Gasteiger partial charge in [-0.25, -0.2) is 14.6 Å². The van der Waals surface area contributed by atoms with Crippen LogP contribution in [0.15, 0.2) is 178 Å². The van der Waals surface area contributed by atoms with Gasteiger partial charge in [-0.15, -0.1) is 34.9 Å². The van der Waals surface area contributed by atoms with Gasteiger partial charge in [-0.2, -0.15) is 0 Å². The highest BCUT2D eigenvalue weighted by Crippen LogP contribution is 2.48. The fraction of sp³-hybridized carbons (Fsp3) is 0.190. The molecule has 2 aliphatic rings. The zero-order chi connectivity index (χ0) is 61.0. The number of hydrogen-bond acceptors (Lipinski definition) is 20. The van der Waals surface area contributed by atoms with Crippen LogP contribution in [0, 0.1) is 0 Å². The van der Waals surface area contributed by atoms with E-state index < -0.39 is 46.7 Å². The lowest BCUT2D eigenvalue weighted by Gasteiger charge is -2.49. The fourth-order valence-electron chi connectivity index (χ4n) is 9.02. The average molecular weight is 1270 g/mol. The molecule has 1 saturated heterocycles. The third-order valence-electron chi connectivity index (χ3n) is 13.5. The highest BCUT2D eigenvalue weighted by molar-refractivity contribution is 8.00. The summed E-state index contributed by atoms with van der Waals surface area (Å²) in [4.78, 5) is 68.3. The van der Waals surface area contributed by atoms with E-state index in [0.29, 0.717) is 33.9 Å². The molecule has 2 aliphatic heterocycles. The number of hydrogen-bond donors (Lipinski definition) is 2. The quantitative estimate of drug-likeness (QED) is 0.0178. The summed E-state index contributed by atoms with van der Waals surface area (Å²) in [5, 5.41) is 12.4. The van der Waals surface area contributed by atoms with Crippen LogP contribution >= 0.6 is 58.1 Å². The van der Waals surface area contributed by atoms with Crippen molar-refractivity contribution in [3.63, 3.8) is 0 Å². The summed E-state index contributed by atoms with van der Waals surface area (Å²) in [5.41, 5.74) is 9.06. The third kappa shape index (κ3) is 14.5. The Hall–Kier alpha value is -8.93. The number of benzene rings is 6. The number of rotatable bonds is 25. The van der Waals surface area contributed by atoms with Crippen LogP contribution in [0.2, 0.25) is 10.0 Å². The minimum atomic E-state index is -1.34. The molecule has 0 saturated carbocycles. The monoisotopic (exact) mass is 1270 g/mol. The lowest BCUT2D eigenvalue weighted by molar-refractivity contribution is -0.155. The number of oxime groups is 1. The number of amides is 2. The summed E-state index contributed by atoms with van der Waals surface area (Å²) >= 11 is 17.5. The number of nitrogens with two attached hydrogens (primary N) is 1. The van der Waals surface area contributed by atoms with Crippen LogP contribution in [0.1, 0.15) is 45.4 Å². The number of halogens is 2. The van der Waals surface area contributed by atoms with Gasteiger partial charge >= 0.3 is 11.9 Å². The van der Waals surface area contributed by atoms with Crippen molar-refractivity contribution in [3.05, 3.63) is 218 Å². The Bertz CT molecular complexity index is 3810. The van der Waals surface area contributed by atoms with Gasteiger partial charge in [-0.1, -0.05) is 137 Å². The van der Waals surface area contributed by atoms with E-state index in [4.69, 9.17) is 71.5 Å². The molecule has 1 unspecified atom stereocenters. The highest BCUT2D eigenvalue weighted by Gasteiger charge is 2.54. The summed E-state index contributed by atoms with van der Waals surface area (Å²) in [5.74, 6) is -0.334. The van der Waals surface area contributed by atoms with E-state index in [1.54, 1.807) is 76.1 Å². The number of nitrogens with zero attached hydrogens (tertiary/aromatic N) is 4. The number of carbonyl (C=O) groups is 4. The van der Waals surface area contributed by atoms with Crippen LogP contribution < -0.4 is 34.7 Å². The molecule has 2 aromatic heterocycles. The Morgan fingerprint density at radius 2 is 1.37 bits per heavy atom. The summed E-state index contributed by atoms with van der Waals surface area (Å²) in [7, 11) is 4.71. The molecule has 8 aromatic rings. The zero-order valence-corrected chi connectivity index (χ0v) is 50.8. The van der Waals surface area contributed by atoms with E-state index in [0.717, 1.165) is 45.4 Å². The van der Waals surface area contributed by atoms with E-state index in [2.05, 4.69) is 20.6 Å². The summed E-state index contributed by atoms with van der Waals surface area (Å²) in [6.07, 6.45) is 4.04. The van der Waals surface area contributed by atoms with E-state index in [1.165, 1.54) is 22.0 Å². The predicted octanol–water partition coefficient (Wildman–Crippen LogP) is 11.7. The number of nitrogen functional groups attached to an aromatic ring is 1. The van der Waals surface area contributed by atoms with Gasteiger partial charge in [0.2, 0.25) is 0 Å². The predicted molar refractivity (Wildman–Crippen MR) is 333 cm³/mol. The van der Waals surface area contributed by atoms with Crippen LogP contribution in [-0.4, -0.2) is 94.7 Å². The Kier molecular flexibility index (Phi) is 20.0. The van der Waals surface area contributed by atoms with Crippen molar-refractivity contribution in [2.24, 2.45) is 5.16 Å². The molecule has 0 bridgehead atoms. The smallest absolute Gasteiger partial charge is 0.362 e. The third-order valence-corrected chi connectivity index (χ3v) is 16.9. The zero-order valence-electron chi connectivity index (χ0n) is 46.9. The van der Waals surface area contributed by atoms with Crippen molar-refractivity contribution in [2.45, 2.75) is 42.8 Å².